The third kappa shape index (κ3) is 1.50. The van der Waals surface area contributed by atoms with Crippen molar-refractivity contribution in [3.63, 3.8) is 0 Å². The molecule has 2 amide bonds. The van der Waals surface area contributed by atoms with E-state index >= 15 is 0 Å². The van der Waals surface area contributed by atoms with Gasteiger partial charge in [0.1, 0.15) is 5.75 Å². The van der Waals surface area contributed by atoms with Crippen LogP contribution in [-0.4, -0.2) is 16.9 Å². The molecule has 0 radical (unpaired) electrons. The molecule has 0 aromatic heterocycles. The van der Waals surface area contributed by atoms with Crippen molar-refractivity contribution >= 4 is 17.5 Å². The third-order valence-corrected chi connectivity index (χ3v) is 3.19. The van der Waals surface area contributed by atoms with E-state index in [0.29, 0.717) is 5.56 Å². The largest absolute Gasteiger partial charge is 0.506 e. The van der Waals surface area contributed by atoms with Crippen molar-refractivity contribution in [2.45, 2.75) is 0 Å². The maximum Gasteiger partial charge on any atom is 0.267 e. The molecule has 0 bridgehead atoms. The van der Waals surface area contributed by atoms with E-state index in [1.165, 1.54) is 12.1 Å². The zero-order valence-electron chi connectivity index (χ0n) is 10.3. The Hall–Kier alpha value is -3.06. The Labute approximate surface area is 115 Å². The number of hydrogen-bond acceptors (Lipinski definition) is 3. The fourth-order valence-electron chi connectivity index (χ4n) is 2.28. The van der Waals surface area contributed by atoms with Gasteiger partial charge in [-0.2, -0.15) is 0 Å². The number of amides is 2. The van der Waals surface area contributed by atoms with Gasteiger partial charge in [0, 0.05) is 5.56 Å². The van der Waals surface area contributed by atoms with Crippen molar-refractivity contribution < 1.29 is 14.7 Å². The number of anilines is 1. The van der Waals surface area contributed by atoms with E-state index in [1.807, 2.05) is 0 Å². The number of terminal acetylenes is 1. The van der Waals surface area contributed by atoms with Crippen molar-refractivity contribution in [1.29, 1.82) is 0 Å². The number of carbonyl (C=O) groups excluding carboxylic acids is 2. The summed E-state index contributed by atoms with van der Waals surface area (Å²) in [5.74, 6) is 1.27. The summed E-state index contributed by atoms with van der Waals surface area (Å²) in [7, 11) is 0. The molecular weight excluding hydrogens is 254 g/mol. The van der Waals surface area contributed by atoms with Crippen LogP contribution in [0.3, 0.4) is 0 Å². The number of benzene rings is 2. The van der Waals surface area contributed by atoms with Crippen LogP contribution in [0.4, 0.5) is 5.69 Å². The Balaban J connectivity index is 2.21. The van der Waals surface area contributed by atoms with Gasteiger partial charge in [-0.15, -0.1) is 6.42 Å². The van der Waals surface area contributed by atoms with Crippen LogP contribution >= 0.6 is 0 Å². The molecule has 0 aliphatic carbocycles. The highest BCUT2D eigenvalue weighted by Gasteiger charge is 2.39. The summed E-state index contributed by atoms with van der Waals surface area (Å²) in [5, 5.41) is 9.83. The molecule has 2 aromatic carbocycles. The zero-order chi connectivity index (χ0) is 14.3. The first-order chi connectivity index (χ1) is 9.65. The number of aromatic hydroxyl groups is 1. The van der Waals surface area contributed by atoms with Gasteiger partial charge in [-0.3, -0.25) is 9.59 Å². The molecule has 4 heteroatoms. The molecular formula is C16H9NO3. The van der Waals surface area contributed by atoms with Crippen molar-refractivity contribution in [2.75, 3.05) is 4.90 Å². The number of nitrogens with zero attached hydrogens (tertiary/aromatic N) is 1. The van der Waals surface area contributed by atoms with Crippen LogP contribution in [0.15, 0.2) is 42.5 Å². The normalized spacial score (nSPS) is 13.2. The Bertz CT molecular complexity index is 787. The van der Waals surface area contributed by atoms with Crippen LogP contribution in [0.1, 0.15) is 26.3 Å². The fourth-order valence-corrected chi connectivity index (χ4v) is 2.28. The highest BCUT2D eigenvalue weighted by molar-refractivity contribution is 6.35. The number of phenolic OH excluding ortho intramolecular Hbond substituents is 1. The molecule has 0 saturated carbocycles. The summed E-state index contributed by atoms with van der Waals surface area (Å²) in [6.45, 7) is 0. The van der Waals surface area contributed by atoms with E-state index < -0.39 is 11.8 Å². The van der Waals surface area contributed by atoms with Crippen LogP contribution < -0.4 is 4.90 Å². The minimum absolute atomic E-state index is 0.135. The molecule has 20 heavy (non-hydrogen) atoms. The van der Waals surface area contributed by atoms with Crippen LogP contribution in [0.2, 0.25) is 0 Å². The molecule has 1 aliphatic heterocycles. The van der Waals surface area contributed by atoms with Gasteiger partial charge in [0.2, 0.25) is 0 Å². The smallest absolute Gasteiger partial charge is 0.267 e. The predicted molar refractivity (Wildman–Crippen MR) is 73.6 cm³/mol. The first-order valence-electron chi connectivity index (χ1n) is 5.91. The number of fused-ring (bicyclic) bond motifs is 1. The summed E-state index contributed by atoms with van der Waals surface area (Å²) in [4.78, 5) is 25.7. The van der Waals surface area contributed by atoms with Gasteiger partial charge in [-0.25, -0.2) is 4.90 Å². The lowest BCUT2D eigenvalue weighted by atomic mass is 10.0. The van der Waals surface area contributed by atoms with Crippen LogP contribution in [0, 0.1) is 12.3 Å². The van der Waals surface area contributed by atoms with Crippen molar-refractivity contribution in [3.05, 3.63) is 59.2 Å². The molecule has 0 atom stereocenters. The molecule has 3 rings (SSSR count). The molecule has 0 unspecified atom stereocenters. The Morgan fingerprint density at radius 3 is 2.45 bits per heavy atom. The summed E-state index contributed by atoms with van der Waals surface area (Å²) < 4.78 is 0. The quantitative estimate of drug-likeness (QED) is 0.633. The molecule has 0 fully saturated rings. The highest BCUT2D eigenvalue weighted by Crippen LogP contribution is 2.34. The maximum atomic E-state index is 12.4. The lowest BCUT2D eigenvalue weighted by Crippen LogP contribution is -2.29. The van der Waals surface area contributed by atoms with Gasteiger partial charge in [0.05, 0.1) is 16.8 Å². The Morgan fingerprint density at radius 2 is 1.75 bits per heavy atom. The van der Waals surface area contributed by atoms with Crippen LogP contribution in [0.5, 0.6) is 5.75 Å². The number of hydrogen-bond donors (Lipinski definition) is 1. The maximum absolute atomic E-state index is 12.4. The van der Waals surface area contributed by atoms with Gasteiger partial charge in [0.15, 0.2) is 0 Å². The van der Waals surface area contributed by atoms with E-state index in [1.54, 1.807) is 30.3 Å². The third-order valence-electron chi connectivity index (χ3n) is 3.19. The number of para-hydroxylation sites is 2. The minimum Gasteiger partial charge on any atom is -0.506 e. The second-order valence-corrected chi connectivity index (χ2v) is 4.31. The summed E-state index contributed by atoms with van der Waals surface area (Å²) in [6, 6.07) is 11.0. The first kappa shape index (κ1) is 12.0. The lowest BCUT2D eigenvalue weighted by Gasteiger charge is -2.14. The molecule has 4 nitrogen and oxygen atoms in total. The molecule has 1 aliphatic rings. The van der Waals surface area contributed by atoms with Crippen molar-refractivity contribution in [1.82, 2.24) is 0 Å². The van der Waals surface area contributed by atoms with Crippen LogP contribution in [0.25, 0.3) is 0 Å². The zero-order valence-corrected chi connectivity index (χ0v) is 10.3. The van der Waals surface area contributed by atoms with E-state index in [-0.39, 0.29) is 22.6 Å². The van der Waals surface area contributed by atoms with Gasteiger partial charge < -0.3 is 5.11 Å². The molecule has 2 aromatic rings. The van der Waals surface area contributed by atoms with Crippen LogP contribution in [-0.2, 0) is 0 Å². The number of phenols is 1. The predicted octanol–water partition coefficient (Wildman–Crippen LogP) is 2.17. The summed E-state index contributed by atoms with van der Waals surface area (Å²) in [6.07, 6.45) is 5.36. The average Bonchev–Trinajstić information content (AvgIpc) is 2.72. The Kier molecular flexibility index (Phi) is 2.55. The first-order valence-corrected chi connectivity index (χ1v) is 5.91. The van der Waals surface area contributed by atoms with Crippen molar-refractivity contribution in [3.8, 4) is 18.1 Å². The summed E-state index contributed by atoms with van der Waals surface area (Å²) in [5.41, 5.74) is 0.998. The van der Waals surface area contributed by atoms with E-state index in [0.717, 1.165) is 4.90 Å². The van der Waals surface area contributed by atoms with E-state index in [4.69, 9.17) is 6.42 Å². The molecule has 0 saturated heterocycles. The van der Waals surface area contributed by atoms with Crippen molar-refractivity contribution in [2.24, 2.45) is 0 Å². The Morgan fingerprint density at radius 1 is 1.00 bits per heavy atom. The van der Waals surface area contributed by atoms with E-state index in [9.17, 15) is 14.7 Å². The number of carbonyl (C=O) groups is 2. The average molecular weight is 263 g/mol. The molecule has 1 N–H and O–H groups in total. The topological polar surface area (TPSA) is 57.6 Å². The standard InChI is InChI=1S/C16H9NO3/c1-2-10-6-5-7-11-14(10)16(20)17(15(11)19)12-8-3-4-9-13(12)18/h1,3-9,18H. The molecule has 1 heterocycles. The SMILES string of the molecule is C#Cc1cccc2c1C(=O)N(c1ccccc1O)C2=O. The van der Waals surface area contributed by atoms with E-state index in [2.05, 4.69) is 5.92 Å². The minimum atomic E-state index is -0.514. The summed E-state index contributed by atoms with van der Waals surface area (Å²) >= 11 is 0. The van der Waals surface area contributed by atoms with Gasteiger partial charge >= 0.3 is 0 Å². The second kappa shape index (κ2) is 4.25. The lowest BCUT2D eigenvalue weighted by molar-refractivity contribution is 0.0925. The fraction of sp³-hybridized carbons (Fsp3) is 0. The van der Waals surface area contributed by atoms with Gasteiger partial charge in [-0.05, 0) is 24.3 Å². The van der Waals surface area contributed by atoms with Gasteiger partial charge in [0.25, 0.3) is 11.8 Å². The molecule has 96 valence electrons. The number of imide groups is 1. The second-order valence-electron chi connectivity index (χ2n) is 4.31. The highest BCUT2D eigenvalue weighted by atomic mass is 16.3. The van der Waals surface area contributed by atoms with Gasteiger partial charge in [-0.1, -0.05) is 24.1 Å². The number of rotatable bonds is 1. The monoisotopic (exact) mass is 263 g/mol. The molecule has 0 spiro atoms.